The third kappa shape index (κ3) is 7.68. The largest absolute Gasteiger partial charge is 0.455 e. The minimum absolute atomic E-state index is 0.0224. The Bertz CT molecular complexity index is 811. The lowest BCUT2D eigenvalue weighted by molar-refractivity contribution is -0.146. The predicted octanol–water partition coefficient (Wildman–Crippen LogP) is 4.84. The summed E-state index contributed by atoms with van der Waals surface area (Å²) >= 11 is 4.92. The van der Waals surface area contributed by atoms with Crippen molar-refractivity contribution in [2.24, 2.45) is 0 Å². The second-order valence-corrected chi connectivity index (χ2v) is 8.68. The van der Waals surface area contributed by atoms with Gasteiger partial charge in [0.1, 0.15) is 0 Å². The number of rotatable bonds is 9. The first-order valence-corrected chi connectivity index (χ1v) is 11.0. The van der Waals surface area contributed by atoms with Gasteiger partial charge in [0.25, 0.3) is 5.91 Å². The zero-order chi connectivity index (χ0) is 20.5. The highest BCUT2D eigenvalue weighted by Gasteiger charge is 2.12. The van der Waals surface area contributed by atoms with Crippen molar-refractivity contribution >= 4 is 39.6 Å². The van der Waals surface area contributed by atoms with Crippen LogP contribution in [0.2, 0.25) is 0 Å². The van der Waals surface area contributed by atoms with Crippen LogP contribution in [-0.4, -0.2) is 30.3 Å². The number of hydrogen-bond acceptors (Lipinski definition) is 4. The number of thioether (sulfide) groups is 1. The van der Waals surface area contributed by atoms with Crippen LogP contribution in [0, 0.1) is 13.8 Å². The van der Waals surface area contributed by atoms with Crippen LogP contribution in [0.25, 0.3) is 0 Å². The molecule has 0 aliphatic rings. The first-order valence-electron chi connectivity index (χ1n) is 9.23. The number of hydrogen-bond donors (Lipinski definition) is 1. The van der Waals surface area contributed by atoms with Gasteiger partial charge in [-0.05, 0) is 62.4 Å². The van der Waals surface area contributed by atoms with Crippen LogP contribution < -0.4 is 5.32 Å². The summed E-state index contributed by atoms with van der Waals surface area (Å²) in [4.78, 5) is 25.0. The topological polar surface area (TPSA) is 55.4 Å². The van der Waals surface area contributed by atoms with Crippen LogP contribution in [0.5, 0.6) is 0 Å². The lowest BCUT2D eigenvalue weighted by Gasteiger charge is -2.14. The zero-order valence-corrected chi connectivity index (χ0v) is 18.9. The SMILES string of the molecule is Cc1cc(SCC(=O)OCC(=O)N[C@H](C)CCc2ccccc2)c(C)cc1Br. The van der Waals surface area contributed by atoms with Crippen LogP contribution >= 0.6 is 27.7 Å². The molecule has 0 aromatic heterocycles. The fourth-order valence-corrected chi connectivity index (χ4v) is 4.01. The zero-order valence-electron chi connectivity index (χ0n) is 16.5. The Hall–Kier alpha value is -1.79. The summed E-state index contributed by atoms with van der Waals surface area (Å²) in [6, 6.07) is 14.2. The molecule has 0 radical (unpaired) electrons. The number of amides is 1. The van der Waals surface area contributed by atoms with Crippen molar-refractivity contribution < 1.29 is 14.3 Å². The van der Waals surface area contributed by atoms with E-state index in [1.807, 2.05) is 51.1 Å². The number of benzene rings is 2. The second-order valence-electron chi connectivity index (χ2n) is 6.81. The number of carbonyl (C=O) groups is 2. The van der Waals surface area contributed by atoms with E-state index in [-0.39, 0.29) is 24.3 Å². The van der Waals surface area contributed by atoms with Gasteiger partial charge >= 0.3 is 5.97 Å². The number of carbonyl (C=O) groups excluding carboxylic acids is 2. The Morgan fingerprint density at radius 2 is 1.86 bits per heavy atom. The van der Waals surface area contributed by atoms with E-state index in [0.29, 0.717) is 0 Å². The lowest BCUT2D eigenvalue weighted by atomic mass is 10.1. The molecule has 6 heteroatoms. The predicted molar refractivity (Wildman–Crippen MR) is 118 cm³/mol. The van der Waals surface area contributed by atoms with Gasteiger partial charge in [-0.1, -0.05) is 46.3 Å². The second kappa shape index (κ2) is 11.3. The van der Waals surface area contributed by atoms with Crippen molar-refractivity contribution in [3.63, 3.8) is 0 Å². The molecule has 0 spiro atoms. The summed E-state index contributed by atoms with van der Waals surface area (Å²) in [7, 11) is 0. The van der Waals surface area contributed by atoms with Gasteiger partial charge in [-0.3, -0.25) is 9.59 Å². The normalized spacial score (nSPS) is 11.7. The summed E-state index contributed by atoms with van der Waals surface area (Å²) in [6.07, 6.45) is 1.73. The molecule has 0 saturated heterocycles. The van der Waals surface area contributed by atoms with E-state index in [1.54, 1.807) is 0 Å². The number of esters is 1. The molecule has 0 heterocycles. The molecule has 4 nitrogen and oxygen atoms in total. The van der Waals surface area contributed by atoms with Gasteiger partial charge in [-0.2, -0.15) is 0 Å². The van der Waals surface area contributed by atoms with Crippen molar-refractivity contribution in [3.8, 4) is 0 Å². The molecule has 0 fully saturated rings. The molecule has 28 heavy (non-hydrogen) atoms. The van der Waals surface area contributed by atoms with Crippen molar-refractivity contribution in [3.05, 3.63) is 63.6 Å². The first kappa shape index (κ1) is 22.5. The van der Waals surface area contributed by atoms with Gasteiger partial charge < -0.3 is 10.1 Å². The van der Waals surface area contributed by atoms with Crippen LogP contribution in [0.1, 0.15) is 30.0 Å². The molecule has 2 rings (SSSR count). The maximum absolute atomic E-state index is 12.0. The van der Waals surface area contributed by atoms with E-state index in [4.69, 9.17) is 4.74 Å². The molecule has 1 N–H and O–H groups in total. The van der Waals surface area contributed by atoms with Crippen LogP contribution in [0.3, 0.4) is 0 Å². The van der Waals surface area contributed by atoms with E-state index in [9.17, 15) is 9.59 Å². The fourth-order valence-electron chi connectivity index (χ4n) is 2.65. The maximum atomic E-state index is 12.0. The van der Waals surface area contributed by atoms with E-state index in [1.165, 1.54) is 17.3 Å². The molecule has 150 valence electrons. The minimum Gasteiger partial charge on any atom is -0.455 e. The van der Waals surface area contributed by atoms with Crippen molar-refractivity contribution in [2.45, 2.75) is 44.6 Å². The minimum atomic E-state index is -0.392. The van der Waals surface area contributed by atoms with Crippen LogP contribution in [0.15, 0.2) is 51.8 Å². The number of halogens is 1. The fraction of sp³-hybridized carbons (Fsp3) is 0.364. The summed E-state index contributed by atoms with van der Waals surface area (Å²) in [5.74, 6) is -0.481. The lowest BCUT2D eigenvalue weighted by Crippen LogP contribution is -2.36. The van der Waals surface area contributed by atoms with Crippen LogP contribution in [0.4, 0.5) is 0 Å². The quantitative estimate of drug-likeness (QED) is 0.426. The van der Waals surface area contributed by atoms with E-state index >= 15 is 0 Å². The average Bonchev–Trinajstić information content (AvgIpc) is 2.67. The number of ether oxygens (including phenoxy) is 1. The first-order chi connectivity index (χ1) is 13.3. The van der Waals surface area contributed by atoms with Gasteiger partial charge in [0.15, 0.2) is 6.61 Å². The monoisotopic (exact) mass is 463 g/mol. The highest BCUT2D eigenvalue weighted by Crippen LogP contribution is 2.28. The molecule has 2 aromatic rings. The average molecular weight is 464 g/mol. The summed E-state index contributed by atoms with van der Waals surface area (Å²) in [5, 5.41) is 2.87. The summed E-state index contributed by atoms with van der Waals surface area (Å²) in [6.45, 7) is 5.72. The molecule has 1 atom stereocenters. The van der Waals surface area contributed by atoms with Crippen molar-refractivity contribution in [1.29, 1.82) is 0 Å². The Balaban J connectivity index is 1.67. The van der Waals surface area contributed by atoms with E-state index < -0.39 is 5.97 Å². The Morgan fingerprint density at radius 1 is 1.14 bits per heavy atom. The molecule has 0 aliphatic carbocycles. The molecular weight excluding hydrogens is 438 g/mol. The molecule has 0 aliphatic heterocycles. The molecule has 0 saturated carbocycles. The third-order valence-electron chi connectivity index (χ3n) is 4.28. The maximum Gasteiger partial charge on any atom is 0.316 e. The Labute approximate surface area is 179 Å². The van der Waals surface area contributed by atoms with Gasteiger partial charge in [0, 0.05) is 15.4 Å². The summed E-state index contributed by atoms with van der Waals surface area (Å²) < 4.78 is 6.15. The Morgan fingerprint density at radius 3 is 2.57 bits per heavy atom. The molecule has 2 aromatic carbocycles. The molecular formula is C22H26BrNO3S. The summed E-state index contributed by atoms with van der Waals surface area (Å²) in [5.41, 5.74) is 3.45. The molecule has 0 unspecified atom stereocenters. The molecule has 0 bridgehead atoms. The number of nitrogens with one attached hydrogen (secondary N) is 1. The van der Waals surface area contributed by atoms with Crippen LogP contribution in [-0.2, 0) is 20.7 Å². The van der Waals surface area contributed by atoms with E-state index in [0.717, 1.165) is 33.3 Å². The van der Waals surface area contributed by atoms with Gasteiger partial charge in [0.05, 0.1) is 5.75 Å². The van der Waals surface area contributed by atoms with Crippen molar-refractivity contribution in [1.82, 2.24) is 5.32 Å². The van der Waals surface area contributed by atoms with Crippen molar-refractivity contribution in [2.75, 3.05) is 12.4 Å². The van der Waals surface area contributed by atoms with E-state index in [2.05, 4.69) is 33.4 Å². The smallest absolute Gasteiger partial charge is 0.316 e. The highest BCUT2D eigenvalue weighted by molar-refractivity contribution is 9.10. The van der Waals surface area contributed by atoms with Gasteiger partial charge in [-0.25, -0.2) is 0 Å². The standard InChI is InChI=1S/C22H26BrNO3S/c1-15-12-20(16(2)11-19(15)23)28-14-22(26)27-13-21(25)24-17(3)9-10-18-7-5-4-6-8-18/h4-8,11-12,17H,9-10,13-14H2,1-3H3,(H,24,25)/t17-/m1/s1. The third-order valence-corrected chi connectivity index (χ3v) is 6.27. The Kier molecular flexibility index (Phi) is 9.06. The number of aryl methyl sites for hydroxylation is 3. The highest BCUT2D eigenvalue weighted by atomic mass is 79.9. The van der Waals surface area contributed by atoms with Gasteiger partial charge in [-0.15, -0.1) is 11.8 Å². The van der Waals surface area contributed by atoms with Gasteiger partial charge in [0.2, 0.25) is 0 Å². The molecule has 1 amide bonds.